The predicted molar refractivity (Wildman–Crippen MR) is 74.8 cm³/mol. The first-order chi connectivity index (χ1) is 8.56. The van der Waals surface area contributed by atoms with E-state index in [0.717, 1.165) is 0 Å². The first-order valence-corrected chi connectivity index (χ1v) is 7.08. The number of carbonyl (C=O) groups excluding carboxylic acids is 1. The smallest absolute Gasteiger partial charge is 0.248 e. The van der Waals surface area contributed by atoms with E-state index in [1.54, 1.807) is 18.3 Å². The molecule has 0 saturated carbocycles. The van der Waals surface area contributed by atoms with Crippen molar-refractivity contribution in [3.63, 3.8) is 0 Å². The van der Waals surface area contributed by atoms with Gasteiger partial charge in [0.2, 0.25) is 5.91 Å². The van der Waals surface area contributed by atoms with Gasteiger partial charge in [-0.3, -0.25) is 4.79 Å². The number of rotatable bonds is 7. The Morgan fingerprint density at radius 2 is 2.28 bits per heavy atom. The van der Waals surface area contributed by atoms with E-state index in [1.807, 2.05) is 21.0 Å². The fraction of sp³-hybridized carbons (Fsp3) is 0.615. The largest absolute Gasteiger partial charge is 0.369 e. The van der Waals surface area contributed by atoms with Crippen LogP contribution < -0.4 is 5.32 Å². The molecule has 2 atom stereocenters. The molecule has 0 aliphatic carbocycles. The zero-order chi connectivity index (χ0) is 13.5. The summed E-state index contributed by atoms with van der Waals surface area (Å²) in [4.78, 5) is 13.9. The number of hydrogen-bond donors (Lipinski definition) is 1. The van der Waals surface area contributed by atoms with Crippen molar-refractivity contribution in [3.8, 4) is 0 Å². The second-order valence-corrected chi connectivity index (χ2v) is 5.16. The fourth-order valence-electron chi connectivity index (χ4n) is 1.73. The highest BCUT2D eigenvalue weighted by Gasteiger charge is 2.18. The predicted octanol–water partition coefficient (Wildman–Crippen LogP) is 1.89. The molecule has 5 heteroatoms. The topological polar surface area (TPSA) is 41.6 Å². The van der Waals surface area contributed by atoms with E-state index in [1.165, 1.54) is 5.56 Å². The standard InChI is InChI=1S/C13H22N2O2S/c1-5-17-10(2)13(16)14-8-12(15(3)4)11-6-7-18-9-11/h6-7,9-10,12H,5,8H2,1-4H3,(H,14,16)/t10-,12+/m0/s1. The van der Waals surface area contributed by atoms with Crippen LogP contribution in [0, 0.1) is 0 Å². The first-order valence-electron chi connectivity index (χ1n) is 6.14. The van der Waals surface area contributed by atoms with Crippen LogP contribution in [-0.2, 0) is 9.53 Å². The number of nitrogens with zero attached hydrogens (tertiary/aromatic N) is 1. The summed E-state index contributed by atoms with van der Waals surface area (Å²) in [5, 5.41) is 7.10. The maximum Gasteiger partial charge on any atom is 0.248 e. The van der Waals surface area contributed by atoms with Crippen molar-refractivity contribution in [1.29, 1.82) is 0 Å². The Bertz CT molecular complexity index is 352. The third-order valence-corrected chi connectivity index (χ3v) is 3.51. The lowest BCUT2D eigenvalue weighted by Gasteiger charge is -2.24. The molecule has 0 radical (unpaired) electrons. The number of amides is 1. The van der Waals surface area contributed by atoms with Gasteiger partial charge in [0.05, 0.1) is 6.04 Å². The summed E-state index contributed by atoms with van der Waals surface area (Å²) in [6.07, 6.45) is -0.389. The SMILES string of the molecule is CCO[C@@H](C)C(=O)NC[C@H](c1ccsc1)N(C)C. The van der Waals surface area contributed by atoms with Crippen LogP contribution in [0.15, 0.2) is 16.8 Å². The zero-order valence-corrected chi connectivity index (χ0v) is 12.3. The number of nitrogens with one attached hydrogen (secondary N) is 1. The van der Waals surface area contributed by atoms with E-state index in [4.69, 9.17) is 4.74 Å². The molecule has 0 fully saturated rings. The summed E-state index contributed by atoms with van der Waals surface area (Å²) in [6, 6.07) is 2.29. The Hall–Kier alpha value is -0.910. The molecule has 102 valence electrons. The van der Waals surface area contributed by atoms with Crippen LogP contribution in [0.2, 0.25) is 0 Å². The third kappa shape index (κ3) is 4.40. The summed E-state index contributed by atoms with van der Waals surface area (Å²) >= 11 is 1.67. The Morgan fingerprint density at radius 3 is 2.78 bits per heavy atom. The Morgan fingerprint density at radius 1 is 1.56 bits per heavy atom. The normalized spacial score (nSPS) is 14.5. The number of likely N-dealkylation sites (N-methyl/N-ethyl adjacent to an activating group) is 1. The van der Waals surface area contributed by atoms with Gasteiger partial charge < -0.3 is 15.0 Å². The van der Waals surface area contributed by atoms with Gasteiger partial charge in [-0.25, -0.2) is 0 Å². The molecule has 0 unspecified atom stereocenters. The van der Waals surface area contributed by atoms with Crippen molar-refractivity contribution in [2.75, 3.05) is 27.2 Å². The van der Waals surface area contributed by atoms with Crippen molar-refractivity contribution in [1.82, 2.24) is 10.2 Å². The minimum absolute atomic E-state index is 0.0565. The van der Waals surface area contributed by atoms with E-state index in [0.29, 0.717) is 13.2 Å². The molecular weight excluding hydrogens is 248 g/mol. The van der Waals surface area contributed by atoms with E-state index in [9.17, 15) is 4.79 Å². The second-order valence-electron chi connectivity index (χ2n) is 4.38. The van der Waals surface area contributed by atoms with E-state index in [-0.39, 0.29) is 18.1 Å². The minimum atomic E-state index is -0.389. The van der Waals surface area contributed by atoms with Crippen LogP contribution in [0.3, 0.4) is 0 Å². The Labute approximate surface area is 113 Å². The fourth-order valence-corrected chi connectivity index (χ4v) is 2.44. The molecule has 0 aliphatic rings. The maximum atomic E-state index is 11.8. The van der Waals surface area contributed by atoms with E-state index >= 15 is 0 Å². The summed E-state index contributed by atoms with van der Waals surface area (Å²) in [7, 11) is 4.03. The number of hydrogen-bond acceptors (Lipinski definition) is 4. The highest BCUT2D eigenvalue weighted by Crippen LogP contribution is 2.19. The molecule has 1 rings (SSSR count). The highest BCUT2D eigenvalue weighted by atomic mass is 32.1. The first kappa shape index (κ1) is 15.1. The van der Waals surface area contributed by atoms with Crippen molar-refractivity contribution >= 4 is 17.2 Å². The zero-order valence-electron chi connectivity index (χ0n) is 11.5. The van der Waals surface area contributed by atoms with Crippen LogP contribution in [0.5, 0.6) is 0 Å². The molecule has 1 aromatic rings. The van der Waals surface area contributed by atoms with Gasteiger partial charge in [0, 0.05) is 13.2 Å². The van der Waals surface area contributed by atoms with E-state index < -0.39 is 0 Å². The van der Waals surface area contributed by atoms with Gasteiger partial charge in [-0.15, -0.1) is 0 Å². The third-order valence-electron chi connectivity index (χ3n) is 2.81. The number of carbonyl (C=O) groups is 1. The molecule has 0 aromatic carbocycles. The lowest BCUT2D eigenvalue weighted by atomic mass is 10.1. The van der Waals surface area contributed by atoms with E-state index in [2.05, 4.69) is 27.0 Å². The van der Waals surface area contributed by atoms with Gasteiger partial charge in [0.1, 0.15) is 6.10 Å². The summed E-state index contributed by atoms with van der Waals surface area (Å²) in [5.74, 6) is -0.0565. The maximum absolute atomic E-state index is 11.8. The Kier molecular flexibility index (Phi) is 6.32. The molecule has 1 aromatic heterocycles. The number of thiophene rings is 1. The van der Waals surface area contributed by atoms with Gasteiger partial charge in [-0.05, 0) is 50.3 Å². The second kappa shape index (κ2) is 7.51. The summed E-state index contributed by atoms with van der Waals surface area (Å²) in [6.45, 7) is 4.81. The number of ether oxygens (including phenoxy) is 1. The molecule has 1 N–H and O–H groups in total. The van der Waals surface area contributed by atoms with Gasteiger partial charge >= 0.3 is 0 Å². The van der Waals surface area contributed by atoms with Crippen LogP contribution in [-0.4, -0.2) is 44.2 Å². The molecule has 18 heavy (non-hydrogen) atoms. The highest BCUT2D eigenvalue weighted by molar-refractivity contribution is 7.07. The lowest BCUT2D eigenvalue weighted by Crippen LogP contribution is -2.39. The van der Waals surface area contributed by atoms with Crippen LogP contribution in [0.1, 0.15) is 25.5 Å². The van der Waals surface area contributed by atoms with Crippen molar-refractivity contribution in [2.45, 2.75) is 26.0 Å². The average Bonchev–Trinajstić information content (AvgIpc) is 2.82. The average molecular weight is 270 g/mol. The van der Waals surface area contributed by atoms with Gasteiger partial charge in [0.25, 0.3) is 0 Å². The monoisotopic (exact) mass is 270 g/mol. The lowest BCUT2D eigenvalue weighted by molar-refractivity contribution is -0.131. The summed E-state index contributed by atoms with van der Waals surface area (Å²) < 4.78 is 5.26. The van der Waals surface area contributed by atoms with Crippen LogP contribution in [0.4, 0.5) is 0 Å². The molecule has 0 bridgehead atoms. The molecule has 0 aliphatic heterocycles. The molecule has 0 saturated heterocycles. The Balaban J connectivity index is 2.51. The van der Waals surface area contributed by atoms with Crippen LogP contribution >= 0.6 is 11.3 Å². The minimum Gasteiger partial charge on any atom is -0.369 e. The quantitative estimate of drug-likeness (QED) is 0.822. The van der Waals surface area contributed by atoms with Gasteiger partial charge in [0.15, 0.2) is 0 Å². The van der Waals surface area contributed by atoms with Crippen molar-refractivity contribution in [2.24, 2.45) is 0 Å². The molecule has 0 spiro atoms. The van der Waals surface area contributed by atoms with Crippen molar-refractivity contribution in [3.05, 3.63) is 22.4 Å². The van der Waals surface area contributed by atoms with Gasteiger partial charge in [-0.2, -0.15) is 11.3 Å². The molecule has 1 heterocycles. The van der Waals surface area contributed by atoms with Crippen molar-refractivity contribution < 1.29 is 9.53 Å². The molecule has 4 nitrogen and oxygen atoms in total. The van der Waals surface area contributed by atoms with Crippen LogP contribution in [0.25, 0.3) is 0 Å². The molecular formula is C13H22N2O2S. The summed E-state index contributed by atoms with van der Waals surface area (Å²) in [5.41, 5.74) is 1.23. The molecule has 1 amide bonds. The van der Waals surface area contributed by atoms with Gasteiger partial charge in [-0.1, -0.05) is 0 Å².